The second kappa shape index (κ2) is 3.83. The first-order valence-corrected chi connectivity index (χ1v) is 3.49. The molecule has 8 heteroatoms. The van der Waals surface area contributed by atoms with E-state index in [4.69, 9.17) is 15.3 Å². The molecule has 1 rings (SSSR count). The van der Waals surface area contributed by atoms with Crippen molar-refractivity contribution in [2.75, 3.05) is 6.61 Å². The molecule has 1 heterocycles. The Bertz CT molecular complexity index is 197. The fourth-order valence-electron chi connectivity index (χ4n) is 0.983. The molecule has 1 aliphatic heterocycles. The van der Waals surface area contributed by atoms with Gasteiger partial charge >= 0.3 is 0 Å². The summed E-state index contributed by atoms with van der Waals surface area (Å²) in [6, 6.07) is 0. The number of aliphatic hydroxyl groups is 3. The Balaban J connectivity index is 2.53. The van der Waals surface area contributed by atoms with Crippen molar-refractivity contribution < 1.29 is 30.0 Å². The molecule has 3 N–H and O–H groups in total. The van der Waals surface area contributed by atoms with Crippen LogP contribution in [-0.4, -0.2) is 51.6 Å². The fourth-order valence-corrected chi connectivity index (χ4v) is 0.983. The molecule has 0 saturated carbocycles. The maximum absolute atomic E-state index is 9.87. The molecule has 1 saturated heterocycles. The first kappa shape index (κ1) is 10.1. The van der Waals surface area contributed by atoms with Crippen LogP contribution in [-0.2, 0) is 9.57 Å². The minimum absolute atomic E-state index is 0.347. The zero-order valence-corrected chi connectivity index (χ0v) is 6.44. The van der Waals surface area contributed by atoms with Gasteiger partial charge < -0.3 is 24.9 Å². The van der Waals surface area contributed by atoms with Crippen LogP contribution in [0.3, 0.4) is 0 Å². The first-order chi connectivity index (χ1) is 6.02. The molecule has 8 nitrogen and oxygen atoms in total. The van der Waals surface area contributed by atoms with E-state index in [0.29, 0.717) is 0 Å². The molecule has 0 radical (unpaired) electrons. The normalized spacial score (nSPS) is 39.9. The molecule has 0 unspecified atom stereocenters. The summed E-state index contributed by atoms with van der Waals surface area (Å²) in [7, 11) is 0. The van der Waals surface area contributed by atoms with Gasteiger partial charge in [0.15, 0.2) is 12.4 Å². The van der Waals surface area contributed by atoms with Crippen molar-refractivity contribution in [2.45, 2.75) is 24.6 Å². The summed E-state index contributed by atoms with van der Waals surface area (Å²) < 4.78 is 4.49. The topological polar surface area (TPSA) is 122 Å². The van der Waals surface area contributed by atoms with Crippen LogP contribution in [0.1, 0.15) is 0 Å². The van der Waals surface area contributed by atoms with Crippen molar-refractivity contribution in [3.8, 4) is 0 Å². The Kier molecular flexibility index (Phi) is 2.98. The maximum Gasteiger partial charge on any atom is 0.294 e. The number of nitrogens with zero attached hydrogens (tertiary/aromatic N) is 1. The second-order valence-electron chi connectivity index (χ2n) is 2.57. The summed E-state index contributed by atoms with van der Waals surface area (Å²) >= 11 is 0. The van der Waals surface area contributed by atoms with Crippen molar-refractivity contribution in [3.63, 3.8) is 0 Å². The standard InChI is InChI=1S/C5H9NO7/c7-3-2(13-6(10)11)1-12-5(9)4(3)8/h2-5,7-9H,1H2/t2-,3+,4-,5-/m1/s1. The minimum atomic E-state index is -1.60. The van der Waals surface area contributed by atoms with Crippen molar-refractivity contribution in [2.24, 2.45) is 0 Å². The summed E-state index contributed by atoms with van der Waals surface area (Å²) in [6.45, 7) is -0.347. The Hall–Kier alpha value is -0.960. The number of rotatable bonds is 2. The van der Waals surface area contributed by atoms with E-state index in [1.165, 1.54) is 0 Å². The highest BCUT2D eigenvalue weighted by molar-refractivity contribution is 4.82. The van der Waals surface area contributed by atoms with E-state index in [0.717, 1.165) is 0 Å². The van der Waals surface area contributed by atoms with Crippen LogP contribution in [0.4, 0.5) is 0 Å². The van der Waals surface area contributed by atoms with Crippen LogP contribution in [0.2, 0.25) is 0 Å². The van der Waals surface area contributed by atoms with E-state index < -0.39 is 29.7 Å². The largest absolute Gasteiger partial charge is 0.388 e. The van der Waals surface area contributed by atoms with E-state index >= 15 is 0 Å². The van der Waals surface area contributed by atoms with Gasteiger partial charge in [-0.1, -0.05) is 0 Å². The first-order valence-electron chi connectivity index (χ1n) is 3.49. The minimum Gasteiger partial charge on any atom is -0.388 e. The number of hydrogen-bond acceptors (Lipinski definition) is 7. The average molecular weight is 195 g/mol. The van der Waals surface area contributed by atoms with Crippen LogP contribution in [0.15, 0.2) is 0 Å². The lowest BCUT2D eigenvalue weighted by molar-refractivity contribution is -0.772. The molecule has 76 valence electrons. The van der Waals surface area contributed by atoms with E-state index in [9.17, 15) is 10.1 Å². The highest BCUT2D eigenvalue weighted by Crippen LogP contribution is 2.16. The molecule has 13 heavy (non-hydrogen) atoms. The average Bonchev–Trinajstić information content (AvgIpc) is 2.06. The highest BCUT2D eigenvalue weighted by Gasteiger charge is 2.39. The Morgan fingerprint density at radius 3 is 2.54 bits per heavy atom. The van der Waals surface area contributed by atoms with Gasteiger partial charge in [-0.25, -0.2) is 0 Å². The summed E-state index contributed by atoms with van der Waals surface area (Å²) in [4.78, 5) is 13.9. The van der Waals surface area contributed by atoms with Crippen molar-refractivity contribution in [1.82, 2.24) is 0 Å². The van der Waals surface area contributed by atoms with E-state index in [1.54, 1.807) is 0 Å². The van der Waals surface area contributed by atoms with Gasteiger partial charge in [0.05, 0.1) is 6.61 Å². The third-order valence-electron chi connectivity index (χ3n) is 1.68. The van der Waals surface area contributed by atoms with Gasteiger partial charge in [-0.15, -0.1) is 10.1 Å². The van der Waals surface area contributed by atoms with Crippen molar-refractivity contribution >= 4 is 0 Å². The van der Waals surface area contributed by atoms with Crippen LogP contribution in [0.25, 0.3) is 0 Å². The molecule has 1 fully saturated rings. The summed E-state index contributed by atoms with van der Waals surface area (Å²) in [5.41, 5.74) is 0. The van der Waals surface area contributed by atoms with Gasteiger partial charge in [0.2, 0.25) is 0 Å². The summed E-state index contributed by atoms with van der Waals surface area (Å²) in [5, 5.41) is 35.8. The Morgan fingerprint density at radius 2 is 2.00 bits per heavy atom. The number of aliphatic hydroxyl groups excluding tert-OH is 3. The molecule has 0 bridgehead atoms. The second-order valence-corrected chi connectivity index (χ2v) is 2.57. The molecule has 0 spiro atoms. The number of ether oxygens (including phenoxy) is 1. The fraction of sp³-hybridized carbons (Fsp3) is 1.00. The van der Waals surface area contributed by atoms with Crippen LogP contribution in [0.5, 0.6) is 0 Å². The quantitative estimate of drug-likeness (QED) is 0.332. The Morgan fingerprint density at radius 1 is 1.38 bits per heavy atom. The van der Waals surface area contributed by atoms with Gasteiger partial charge in [-0.3, -0.25) is 0 Å². The predicted octanol–water partition coefficient (Wildman–Crippen LogP) is -2.37. The molecule has 1 aliphatic rings. The molecular weight excluding hydrogens is 186 g/mol. The molecule has 0 aliphatic carbocycles. The third-order valence-corrected chi connectivity index (χ3v) is 1.68. The highest BCUT2D eigenvalue weighted by atomic mass is 17.0. The van der Waals surface area contributed by atoms with Gasteiger partial charge in [-0.05, 0) is 0 Å². The molecule has 4 atom stereocenters. The lowest BCUT2D eigenvalue weighted by Crippen LogP contribution is -2.54. The zero-order valence-electron chi connectivity index (χ0n) is 6.44. The molecule has 0 aromatic carbocycles. The van der Waals surface area contributed by atoms with Crippen LogP contribution in [0, 0.1) is 10.1 Å². The predicted molar refractivity (Wildman–Crippen MR) is 35.8 cm³/mol. The summed E-state index contributed by atoms with van der Waals surface area (Å²) in [6.07, 6.45) is -5.94. The van der Waals surface area contributed by atoms with Gasteiger partial charge in [0, 0.05) is 0 Å². The SMILES string of the molecule is O=[N+]([O-])O[C@@H]1CO[C@@H](O)[C@H](O)[C@H]1O. The summed E-state index contributed by atoms with van der Waals surface area (Å²) in [5.74, 6) is 0. The monoisotopic (exact) mass is 195 g/mol. The van der Waals surface area contributed by atoms with Crippen molar-refractivity contribution in [3.05, 3.63) is 10.1 Å². The molecule has 0 aromatic heterocycles. The molecule has 0 aromatic rings. The molecular formula is C5H9NO7. The van der Waals surface area contributed by atoms with Crippen LogP contribution < -0.4 is 0 Å². The van der Waals surface area contributed by atoms with Gasteiger partial charge in [0.1, 0.15) is 12.2 Å². The zero-order chi connectivity index (χ0) is 10.0. The lowest BCUT2D eigenvalue weighted by Gasteiger charge is -2.33. The third kappa shape index (κ3) is 2.25. The maximum atomic E-state index is 9.87. The van der Waals surface area contributed by atoms with Crippen molar-refractivity contribution in [1.29, 1.82) is 0 Å². The number of hydrogen-bond donors (Lipinski definition) is 3. The van der Waals surface area contributed by atoms with E-state index in [2.05, 4.69) is 9.57 Å². The molecule has 0 amide bonds. The lowest BCUT2D eigenvalue weighted by atomic mass is 10.1. The van der Waals surface area contributed by atoms with E-state index in [1.807, 2.05) is 0 Å². The Labute approximate surface area is 72.4 Å². The van der Waals surface area contributed by atoms with E-state index in [-0.39, 0.29) is 6.61 Å². The van der Waals surface area contributed by atoms with Gasteiger partial charge in [-0.2, -0.15) is 0 Å². The van der Waals surface area contributed by atoms with Crippen LogP contribution >= 0.6 is 0 Å². The smallest absolute Gasteiger partial charge is 0.294 e. The van der Waals surface area contributed by atoms with Gasteiger partial charge in [0.25, 0.3) is 5.09 Å².